The van der Waals surface area contributed by atoms with Gasteiger partial charge in [0.05, 0.1) is 5.83 Å². The van der Waals surface area contributed by atoms with Gasteiger partial charge in [-0.15, -0.1) is 0 Å². The fourth-order valence-corrected chi connectivity index (χ4v) is 2.49. The molecule has 0 atom stereocenters. The van der Waals surface area contributed by atoms with Crippen LogP contribution in [0.1, 0.15) is 46.5 Å². The molecule has 4 heteroatoms. The van der Waals surface area contributed by atoms with Gasteiger partial charge >= 0.3 is 0 Å². The summed E-state index contributed by atoms with van der Waals surface area (Å²) in [6, 6.07) is 0. The second-order valence-electron chi connectivity index (χ2n) is 5.36. The van der Waals surface area contributed by atoms with Crippen molar-refractivity contribution in [3.63, 3.8) is 0 Å². The predicted octanol–water partition coefficient (Wildman–Crippen LogP) is 4.64. The maximum Gasteiger partial charge on any atom is 0.108 e. The number of nitrogens with zero attached hydrogens (tertiary/aromatic N) is 1. The smallest absolute Gasteiger partial charge is 0.108 e. The number of hydrogen-bond acceptors (Lipinski definition) is 2. The molecule has 0 unspecified atom stereocenters. The number of likely N-dealkylation sites (tertiary alicyclic amines) is 1. The van der Waals surface area contributed by atoms with Crippen molar-refractivity contribution in [2.75, 3.05) is 19.6 Å². The highest BCUT2D eigenvalue weighted by Crippen LogP contribution is 2.24. The molecule has 114 valence electrons. The van der Waals surface area contributed by atoms with Crippen LogP contribution in [0.5, 0.6) is 0 Å². The first-order valence-corrected chi connectivity index (χ1v) is 7.50. The molecule has 0 amide bonds. The lowest BCUT2D eigenvalue weighted by molar-refractivity contribution is 0.219. The Bertz CT molecular complexity index is 391. The van der Waals surface area contributed by atoms with Crippen LogP contribution < -0.4 is 0 Å². The van der Waals surface area contributed by atoms with Crippen molar-refractivity contribution < 1.29 is 8.78 Å². The summed E-state index contributed by atoms with van der Waals surface area (Å²) in [5.41, 5.74) is 0.781. The maximum atomic E-state index is 14.0. The van der Waals surface area contributed by atoms with Crippen LogP contribution in [-0.2, 0) is 0 Å². The van der Waals surface area contributed by atoms with Gasteiger partial charge in [-0.25, -0.2) is 8.78 Å². The third kappa shape index (κ3) is 4.82. The Hall–Kier alpha value is -1.03. The zero-order valence-corrected chi connectivity index (χ0v) is 12.8. The van der Waals surface area contributed by atoms with Crippen molar-refractivity contribution in [2.24, 2.45) is 5.92 Å². The van der Waals surface area contributed by atoms with E-state index in [9.17, 15) is 8.78 Å². The summed E-state index contributed by atoms with van der Waals surface area (Å²) in [7, 11) is 0. The monoisotopic (exact) mass is 284 g/mol. The first-order chi connectivity index (χ1) is 9.49. The van der Waals surface area contributed by atoms with Crippen molar-refractivity contribution in [3.05, 3.63) is 23.3 Å². The zero-order valence-electron chi connectivity index (χ0n) is 12.8. The minimum absolute atomic E-state index is 0.0400. The molecule has 1 fully saturated rings. The fourth-order valence-electron chi connectivity index (χ4n) is 2.49. The lowest BCUT2D eigenvalue weighted by Gasteiger charge is -2.31. The summed E-state index contributed by atoms with van der Waals surface area (Å²) >= 11 is 0. The van der Waals surface area contributed by atoms with Gasteiger partial charge in [-0.1, -0.05) is 13.8 Å². The highest BCUT2D eigenvalue weighted by molar-refractivity contribution is 5.99. The molecule has 1 aliphatic rings. The van der Waals surface area contributed by atoms with E-state index < -0.39 is 0 Å². The summed E-state index contributed by atoms with van der Waals surface area (Å²) in [5, 5.41) is 8.14. The molecule has 1 N–H and O–H groups in total. The van der Waals surface area contributed by atoms with E-state index in [1.54, 1.807) is 13.8 Å². The highest BCUT2D eigenvalue weighted by Gasteiger charge is 2.23. The fraction of sp³-hybridized carbons (Fsp3) is 0.688. The molecule has 0 saturated carbocycles. The minimum atomic E-state index is -0.378. The van der Waals surface area contributed by atoms with Gasteiger partial charge in [-0.2, -0.15) is 0 Å². The molecule has 0 aromatic carbocycles. The van der Waals surface area contributed by atoms with Gasteiger partial charge in [0.2, 0.25) is 0 Å². The van der Waals surface area contributed by atoms with Gasteiger partial charge in [0.25, 0.3) is 0 Å². The van der Waals surface area contributed by atoms with Crippen LogP contribution in [0, 0.1) is 11.3 Å². The summed E-state index contributed by atoms with van der Waals surface area (Å²) in [4.78, 5) is 2.35. The van der Waals surface area contributed by atoms with Crippen LogP contribution in [-0.4, -0.2) is 30.2 Å². The Kier molecular flexibility index (Phi) is 7.06. The van der Waals surface area contributed by atoms with E-state index >= 15 is 0 Å². The van der Waals surface area contributed by atoms with Crippen LogP contribution in [0.25, 0.3) is 0 Å². The molecule has 0 radical (unpaired) electrons. The molecule has 20 heavy (non-hydrogen) atoms. The number of halogens is 2. The molecule has 1 saturated heterocycles. The van der Waals surface area contributed by atoms with Crippen LogP contribution in [0.3, 0.4) is 0 Å². The Balaban J connectivity index is 2.61. The highest BCUT2D eigenvalue weighted by atomic mass is 19.1. The number of piperidine rings is 1. The summed E-state index contributed by atoms with van der Waals surface area (Å²) < 4.78 is 27.0. The van der Waals surface area contributed by atoms with E-state index in [2.05, 4.69) is 11.8 Å². The lowest BCUT2D eigenvalue weighted by Crippen LogP contribution is -2.36. The standard InChI is InChI=1S/C16H26F2N2/c1-4-14(17)6-7-15(18)12(3)16(19)13-8-10-20(5-2)11-9-13/h6,13,19H,4-5,7-11H2,1-3H3/b14-6+,15-12-,19-16?. The average molecular weight is 284 g/mol. The second-order valence-corrected chi connectivity index (χ2v) is 5.36. The molecule has 2 nitrogen and oxygen atoms in total. The first kappa shape index (κ1) is 17.0. The van der Waals surface area contributed by atoms with E-state index in [0.29, 0.717) is 17.7 Å². The van der Waals surface area contributed by atoms with Crippen LogP contribution in [0.2, 0.25) is 0 Å². The van der Waals surface area contributed by atoms with Gasteiger partial charge in [-0.3, -0.25) is 0 Å². The average Bonchev–Trinajstić information content (AvgIpc) is 2.50. The number of nitrogens with one attached hydrogen (secondary N) is 1. The summed E-state index contributed by atoms with van der Waals surface area (Å²) in [6.07, 6.45) is 3.35. The van der Waals surface area contributed by atoms with Crippen molar-refractivity contribution >= 4 is 5.71 Å². The lowest BCUT2D eigenvalue weighted by atomic mass is 9.88. The van der Waals surface area contributed by atoms with E-state index in [4.69, 9.17) is 5.41 Å². The Morgan fingerprint density at radius 2 is 1.85 bits per heavy atom. The first-order valence-electron chi connectivity index (χ1n) is 7.50. The SMILES string of the molecule is CC/C(F)=C\C/C(F)=C(\C)C(=N)C1CCN(CC)CC1. The Labute approximate surface area is 121 Å². The molecule has 1 rings (SSSR count). The Morgan fingerprint density at radius 3 is 2.35 bits per heavy atom. The van der Waals surface area contributed by atoms with Gasteiger partial charge in [-0.05, 0) is 51.9 Å². The number of rotatable bonds is 6. The molecule has 1 heterocycles. The summed E-state index contributed by atoms with van der Waals surface area (Å²) in [6.45, 7) is 8.45. The molecule has 0 aromatic heterocycles. The maximum absolute atomic E-state index is 14.0. The van der Waals surface area contributed by atoms with E-state index in [0.717, 1.165) is 32.5 Å². The number of allylic oxidation sites excluding steroid dienone is 4. The van der Waals surface area contributed by atoms with Gasteiger partial charge < -0.3 is 10.3 Å². The van der Waals surface area contributed by atoms with Gasteiger partial charge in [0.15, 0.2) is 0 Å². The second kappa shape index (κ2) is 8.30. The van der Waals surface area contributed by atoms with Crippen molar-refractivity contribution in [2.45, 2.75) is 46.5 Å². The predicted molar refractivity (Wildman–Crippen MR) is 80.5 cm³/mol. The molecule has 0 spiro atoms. The molecule has 1 aliphatic heterocycles. The normalized spacial score (nSPS) is 19.9. The Morgan fingerprint density at radius 1 is 1.25 bits per heavy atom. The topological polar surface area (TPSA) is 27.1 Å². The molecule has 0 bridgehead atoms. The van der Waals surface area contributed by atoms with Crippen molar-refractivity contribution in [3.8, 4) is 0 Å². The largest absolute Gasteiger partial charge is 0.305 e. The molecule has 0 aromatic rings. The quantitative estimate of drug-likeness (QED) is 0.707. The van der Waals surface area contributed by atoms with Crippen LogP contribution in [0.4, 0.5) is 8.78 Å². The third-order valence-corrected chi connectivity index (χ3v) is 4.09. The van der Waals surface area contributed by atoms with E-state index in [-0.39, 0.29) is 24.0 Å². The van der Waals surface area contributed by atoms with Crippen LogP contribution in [0.15, 0.2) is 23.3 Å². The number of hydrogen-bond donors (Lipinski definition) is 1. The molecular weight excluding hydrogens is 258 g/mol. The third-order valence-electron chi connectivity index (χ3n) is 4.09. The van der Waals surface area contributed by atoms with E-state index in [1.807, 2.05) is 0 Å². The zero-order chi connectivity index (χ0) is 15.1. The van der Waals surface area contributed by atoms with Gasteiger partial charge in [0.1, 0.15) is 5.83 Å². The van der Waals surface area contributed by atoms with E-state index in [1.165, 1.54) is 6.08 Å². The van der Waals surface area contributed by atoms with Crippen LogP contribution >= 0.6 is 0 Å². The molecular formula is C16H26F2N2. The molecule has 0 aliphatic carbocycles. The van der Waals surface area contributed by atoms with Gasteiger partial charge in [0, 0.05) is 23.6 Å². The van der Waals surface area contributed by atoms with Crippen molar-refractivity contribution in [1.82, 2.24) is 4.90 Å². The van der Waals surface area contributed by atoms with Crippen molar-refractivity contribution in [1.29, 1.82) is 5.41 Å². The summed E-state index contributed by atoms with van der Waals surface area (Å²) in [5.74, 6) is -0.532. The minimum Gasteiger partial charge on any atom is -0.305 e.